The summed E-state index contributed by atoms with van der Waals surface area (Å²) in [6.45, 7) is 14.1. The molecule has 122 valence electrons. The average Bonchev–Trinajstić information content (AvgIpc) is 2.53. The molecule has 4 heteroatoms. The summed E-state index contributed by atoms with van der Waals surface area (Å²) in [5.74, 6) is -0.264. The molecule has 0 saturated heterocycles. The van der Waals surface area contributed by atoms with Gasteiger partial charge in [0.15, 0.2) is 0 Å². The number of rotatable bonds is 12. The molecule has 0 bridgehead atoms. The monoisotopic (exact) mass is 303 g/mol. The van der Waals surface area contributed by atoms with E-state index >= 15 is 0 Å². The molecule has 0 N–H and O–H groups in total. The highest BCUT2D eigenvalue weighted by Gasteiger charge is 2.17. The Balaban J connectivity index is 5.11. The molecule has 0 unspecified atom stereocenters. The highest BCUT2D eigenvalue weighted by Crippen LogP contribution is 2.07. The normalized spacial score (nSPS) is 10.7. The molecule has 0 aliphatic carbocycles. The van der Waals surface area contributed by atoms with E-state index in [-0.39, 0.29) is 11.5 Å². The van der Waals surface area contributed by atoms with E-state index in [0.717, 1.165) is 38.8 Å². The van der Waals surface area contributed by atoms with Gasteiger partial charge in [0.25, 0.3) is 5.91 Å². The first-order valence-corrected chi connectivity index (χ1v) is 8.01. The van der Waals surface area contributed by atoms with Gasteiger partial charge in [-0.15, -0.1) is 13.2 Å². The lowest BCUT2D eigenvalue weighted by Gasteiger charge is -2.23. The van der Waals surface area contributed by atoms with Crippen molar-refractivity contribution in [1.29, 1.82) is 5.26 Å². The third-order valence-electron chi connectivity index (χ3n) is 3.25. The minimum atomic E-state index is -0.264. The van der Waals surface area contributed by atoms with Crippen molar-refractivity contribution in [3.05, 3.63) is 37.1 Å². The summed E-state index contributed by atoms with van der Waals surface area (Å²) in [4.78, 5) is 16.1. The third-order valence-corrected chi connectivity index (χ3v) is 3.25. The van der Waals surface area contributed by atoms with Crippen LogP contribution in [-0.4, -0.2) is 41.9 Å². The van der Waals surface area contributed by atoms with Crippen LogP contribution in [0.5, 0.6) is 0 Å². The molecular formula is C18H29N3O. The van der Waals surface area contributed by atoms with Crippen molar-refractivity contribution in [2.75, 3.05) is 26.2 Å². The minimum absolute atomic E-state index is 0.177. The van der Waals surface area contributed by atoms with Crippen LogP contribution in [0.1, 0.15) is 39.5 Å². The lowest BCUT2D eigenvalue weighted by Crippen LogP contribution is -2.33. The summed E-state index contributed by atoms with van der Waals surface area (Å²) in [5, 5.41) is 9.34. The van der Waals surface area contributed by atoms with Gasteiger partial charge in [-0.05, 0) is 12.8 Å². The van der Waals surface area contributed by atoms with Crippen LogP contribution in [0.2, 0.25) is 0 Å². The van der Waals surface area contributed by atoms with Gasteiger partial charge in [0.05, 0.1) is 0 Å². The lowest BCUT2D eigenvalue weighted by atomic mass is 10.2. The van der Waals surface area contributed by atoms with Crippen LogP contribution in [-0.2, 0) is 4.79 Å². The van der Waals surface area contributed by atoms with E-state index in [1.807, 2.05) is 6.07 Å². The number of hydrogen-bond acceptors (Lipinski definition) is 3. The van der Waals surface area contributed by atoms with Crippen LogP contribution in [0.25, 0.3) is 0 Å². The van der Waals surface area contributed by atoms with Gasteiger partial charge in [0.1, 0.15) is 11.6 Å². The van der Waals surface area contributed by atoms with Crippen LogP contribution < -0.4 is 0 Å². The summed E-state index contributed by atoms with van der Waals surface area (Å²) in [6.07, 6.45) is 9.31. The van der Waals surface area contributed by atoms with E-state index in [1.165, 1.54) is 0 Å². The van der Waals surface area contributed by atoms with Crippen LogP contribution in [0.3, 0.4) is 0 Å². The molecule has 0 rings (SSSR count). The van der Waals surface area contributed by atoms with Gasteiger partial charge in [-0.1, -0.05) is 38.8 Å². The van der Waals surface area contributed by atoms with E-state index in [0.29, 0.717) is 13.1 Å². The summed E-state index contributed by atoms with van der Waals surface area (Å²) in [7, 11) is 0. The number of nitrogens with zero attached hydrogens (tertiary/aromatic N) is 3. The zero-order chi connectivity index (χ0) is 16.8. The summed E-state index contributed by atoms with van der Waals surface area (Å²) < 4.78 is 0. The first-order valence-electron chi connectivity index (χ1n) is 8.01. The van der Waals surface area contributed by atoms with Crippen molar-refractivity contribution < 1.29 is 4.79 Å². The Morgan fingerprint density at radius 1 is 1.09 bits per heavy atom. The third kappa shape index (κ3) is 7.68. The smallest absolute Gasteiger partial charge is 0.266 e. The van der Waals surface area contributed by atoms with Gasteiger partial charge in [-0.25, -0.2) is 0 Å². The van der Waals surface area contributed by atoms with E-state index in [4.69, 9.17) is 0 Å². The molecule has 0 aromatic heterocycles. The maximum Gasteiger partial charge on any atom is 0.266 e. The predicted octanol–water partition coefficient (Wildman–Crippen LogP) is 3.50. The fourth-order valence-corrected chi connectivity index (χ4v) is 2.00. The molecule has 0 saturated carbocycles. The van der Waals surface area contributed by atoms with Crippen LogP contribution in [0.4, 0.5) is 0 Å². The van der Waals surface area contributed by atoms with Gasteiger partial charge in [0, 0.05) is 32.4 Å². The van der Waals surface area contributed by atoms with Gasteiger partial charge in [-0.2, -0.15) is 5.26 Å². The number of carbonyl (C=O) groups excluding carboxylic acids is 1. The standard InChI is InChI=1S/C18H29N3O/c1-5-9-13-20(14-10-6-2)16-17(15-19)18(22)21(11-7-3)12-8-4/h7-8,16H,3-6,9-14H2,1-2H3/b17-16-. The van der Waals surface area contributed by atoms with Gasteiger partial charge in [0.2, 0.25) is 0 Å². The van der Waals surface area contributed by atoms with E-state index in [2.05, 4.69) is 31.9 Å². The van der Waals surface area contributed by atoms with Crippen molar-refractivity contribution >= 4 is 5.91 Å². The Bertz CT molecular complexity index is 403. The molecule has 0 heterocycles. The molecule has 0 aromatic rings. The number of hydrogen-bond donors (Lipinski definition) is 0. The van der Waals surface area contributed by atoms with Crippen molar-refractivity contribution in [2.45, 2.75) is 39.5 Å². The Morgan fingerprint density at radius 3 is 1.95 bits per heavy atom. The molecule has 0 fully saturated rings. The largest absolute Gasteiger partial charge is 0.376 e. The summed E-state index contributed by atoms with van der Waals surface area (Å²) >= 11 is 0. The zero-order valence-electron chi connectivity index (χ0n) is 14.1. The first kappa shape index (κ1) is 20.0. The predicted molar refractivity (Wildman–Crippen MR) is 92.1 cm³/mol. The van der Waals surface area contributed by atoms with E-state index < -0.39 is 0 Å². The molecule has 0 aromatic carbocycles. The molecule has 0 aliphatic rings. The van der Waals surface area contributed by atoms with Crippen molar-refractivity contribution in [2.24, 2.45) is 0 Å². The number of nitriles is 1. The quantitative estimate of drug-likeness (QED) is 0.315. The second-order valence-electron chi connectivity index (χ2n) is 5.19. The fraction of sp³-hybridized carbons (Fsp3) is 0.556. The van der Waals surface area contributed by atoms with Crippen molar-refractivity contribution in [1.82, 2.24) is 9.80 Å². The number of amides is 1. The highest BCUT2D eigenvalue weighted by molar-refractivity contribution is 5.97. The van der Waals surface area contributed by atoms with Crippen LogP contribution in [0, 0.1) is 11.3 Å². The van der Waals surface area contributed by atoms with Gasteiger partial charge < -0.3 is 9.80 Å². The van der Waals surface area contributed by atoms with E-state index in [9.17, 15) is 10.1 Å². The molecule has 0 radical (unpaired) electrons. The molecule has 0 atom stereocenters. The van der Waals surface area contributed by atoms with Crippen molar-refractivity contribution in [3.63, 3.8) is 0 Å². The van der Waals surface area contributed by atoms with E-state index in [1.54, 1.807) is 23.3 Å². The second-order valence-corrected chi connectivity index (χ2v) is 5.19. The first-order chi connectivity index (χ1) is 10.6. The average molecular weight is 303 g/mol. The molecule has 0 aliphatic heterocycles. The molecule has 0 spiro atoms. The summed E-state index contributed by atoms with van der Waals surface area (Å²) in [6, 6.07) is 2.04. The number of unbranched alkanes of at least 4 members (excludes halogenated alkanes) is 2. The Labute approximate surface area is 135 Å². The zero-order valence-corrected chi connectivity index (χ0v) is 14.1. The molecule has 4 nitrogen and oxygen atoms in total. The van der Waals surface area contributed by atoms with Gasteiger partial charge >= 0.3 is 0 Å². The SMILES string of the molecule is C=CCN(CC=C)C(=O)/C(C#N)=C\N(CCCC)CCCC. The number of carbonyl (C=O) groups is 1. The second kappa shape index (κ2) is 12.7. The van der Waals surface area contributed by atoms with Crippen LogP contribution in [0.15, 0.2) is 37.1 Å². The minimum Gasteiger partial charge on any atom is -0.376 e. The lowest BCUT2D eigenvalue weighted by molar-refractivity contribution is -0.125. The Hall–Kier alpha value is -2.02. The topological polar surface area (TPSA) is 47.3 Å². The highest BCUT2D eigenvalue weighted by atomic mass is 16.2. The molecule has 1 amide bonds. The summed E-state index contributed by atoms with van der Waals surface area (Å²) in [5.41, 5.74) is 0.177. The van der Waals surface area contributed by atoms with Crippen molar-refractivity contribution in [3.8, 4) is 6.07 Å². The maximum absolute atomic E-state index is 12.5. The Morgan fingerprint density at radius 2 is 1.59 bits per heavy atom. The molecule has 22 heavy (non-hydrogen) atoms. The molecular weight excluding hydrogens is 274 g/mol. The maximum atomic E-state index is 12.5. The van der Waals surface area contributed by atoms with Gasteiger partial charge in [-0.3, -0.25) is 4.79 Å². The van der Waals surface area contributed by atoms with Crippen LogP contribution >= 0.6 is 0 Å². The fourth-order valence-electron chi connectivity index (χ4n) is 2.00. The Kier molecular flexibility index (Phi) is 11.5.